The summed E-state index contributed by atoms with van der Waals surface area (Å²) in [5, 5.41) is 2.49. The van der Waals surface area contributed by atoms with E-state index in [0.717, 1.165) is 44.6 Å². The molecule has 61 heavy (non-hydrogen) atoms. The van der Waals surface area contributed by atoms with Gasteiger partial charge in [-0.25, -0.2) is 15.0 Å². The van der Waals surface area contributed by atoms with Gasteiger partial charge in [0.15, 0.2) is 17.5 Å². The molecule has 0 saturated heterocycles. The molecule has 0 saturated carbocycles. The van der Waals surface area contributed by atoms with E-state index in [2.05, 4.69) is 199 Å². The van der Waals surface area contributed by atoms with Crippen LogP contribution in [0.4, 0.5) is 0 Å². The van der Waals surface area contributed by atoms with Crippen molar-refractivity contribution in [3.05, 3.63) is 231 Å². The lowest BCUT2D eigenvalue weighted by Crippen LogP contribution is -2.00. The highest BCUT2D eigenvalue weighted by atomic mass is 15.0. The number of fused-ring (bicyclic) bond motifs is 3. The highest BCUT2D eigenvalue weighted by Gasteiger charge is 2.15. The predicted molar refractivity (Wildman–Crippen MR) is 252 cm³/mol. The maximum absolute atomic E-state index is 5.05. The van der Waals surface area contributed by atoms with Crippen LogP contribution >= 0.6 is 0 Å². The van der Waals surface area contributed by atoms with Gasteiger partial charge in [-0.2, -0.15) is 0 Å². The van der Waals surface area contributed by atoms with Crippen LogP contribution in [0, 0.1) is 0 Å². The summed E-state index contributed by atoms with van der Waals surface area (Å²) in [5.74, 6) is 1.91. The molecule has 11 aromatic rings. The van der Waals surface area contributed by atoms with E-state index in [1.165, 1.54) is 44.1 Å². The molecule has 0 bridgehead atoms. The van der Waals surface area contributed by atoms with E-state index in [-0.39, 0.29) is 0 Å². The first-order valence-corrected chi connectivity index (χ1v) is 20.6. The quantitative estimate of drug-likeness (QED) is 0.154. The molecule has 0 aliphatic carbocycles. The molecule has 0 unspecified atom stereocenters. The van der Waals surface area contributed by atoms with E-state index >= 15 is 0 Å². The van der Waals surface area contributed by atoms with Gasteiger partial charge in [-0.3, -0.25) is 0 Å². The fourth-order valence-electron chi connectivity index (χ4n) is 8.35. The Balaban J connectivity index is 0.897. The lowest BCUT2D eigenvalue weighted by Gasteiger charge is -2.11. The van der Waals surface area contributed by atoms with E-state index in [4.69, 9.17) is 15.0 Å². The van der Waals surface area contributed by atoms with Gasteiger partial charge in [0.2, 0.25) is 0 Å². The molecule has 4 nitrogen and oxygen atoms in total. The number of aromatic nitrogens is 4. The van der Waals surface area contributed by atoms with Gasteiger partial charge in [-0.05, 0) is 80.9 Å². The maximum Gasteiger partial charge on any atom is 0.164 e. The van der Waals surface area contributed by atoms with Crippen LogP contribution in [-0.4, -0.2) is 19.5 Å². The summed E-state index contributed by atoms with van der Waals surface area (Å²) in [6.45, 7) is 0. The van der Waals surface area contributed by atoms with Gasteiger partial charge < -0.3 is 4.57 Å². The standard InChI is InChI=1S/C57H38N4/c1-4-13-39(14-5-1)47-19-12-20-48(37-47)43-25-29-46(30-26-43)57-59-55(44-17-8-3-9-18-44)58-56(60-57)45-27-23-41(24-28-45)42-31-34-50(35-32-42)61-53-22-11-10-21-51(53)52-38-49(33-36-54(52)61)40-15-6-2-7-16-40/h1-38H. The molecule has 0 spiro atoms. The third-order valence-corrected chi connectivity index (χ3v) is 11.5. The minimum Gasteiger partial charge on any atom is -0.309 e. The van der Waals surface area contributed by atoms with Crippen LogP contribution in [0.1, 0.15) is 0 Å². The van der Waals surface area contributed by atoms with Crippen molar-refractivity contribution in [1.82, 2.24) is 19.5 Å². The minimum atomic E-state index is 0.632. The van der Waals surface area contributed by atoms with E-state index in [1.807, 2.05) is 36.4 Å². The van der Waals surface area contributed by atoms with Crippen LogP contribution in [0.5, 0.6) is 0 Å². The molecule has 0 fully saturated rings. The van der Waals surface area contributed by atoms with Gasteiger partial charge in [0.05, 0.1) is 11.0 Å². The predicted octanol–water partition coefficient (Wildman–Crippen LogP) is 14.6. The summed E-state index contributed by atoms with van der Waals surface area (Å²) in [6, 6.07) is 81.2. The van der Waals surface area contributed by atoms with Crippen molar-refractivity contribution >= 4 is 21.8 Å². The SMILES string of the molecule is c1ccc(-c2cccc(-c3ccc(-c4nc(-c5ccccc5)nc(-c5ccc(-c6ccc(-n7c8ccccc8c8cc(-c9ccccc9)ccc87)cc6)cc5)n4)cc3)c2)cc1. The second-order valence-corrected chi connectivity index (χ2v) is 15.3. The Labute approximate surface area is 354 Å². The first-order chi connectivity index (χ1) is 30.2. The Hall–Kier alpha value is -8.21. The summed E-state index contributed by atoms with van der Waals surface area (Å²) in [6.07, 6.45) is 0. The van der Waals surface area contributed by atoms with Crippen molar-refractivity contribution in [2.75, 3.05) is 0 Å². The van der Waals surface area contributed by atoms with Crippen molar-refractivity contribution in [3.63, 3.8) is 0 Å². The third kappa shape index (κ3) is 6.96. The fraction of sp³-hybridized carbons (Fsp3) is 0. The molecule has 2 aromatic heterocycles. The molecule has 9 aromatic carbocycles. The van der Waals surface area contributed by atoms with Crippen molar-refractivity contribution in [3.8, 4) is 84.4 Å². The molecule has 286 valence electrons. The van der Waals surface area contributed by atoms with Gasteiger partial charge >= 0.3 is 0 Å². The summed E-state index contributed by atoms with van der Waals surface area (Å²) in [4.78, 5) is 15.0. The number of nitrogens with zero attached hydrogens (tertiary/aromatic N) is 4. The lowest BCUT2D eigenvalue weighted by atomic mass is 9.98. The van der Waals surface area contributed by atoms with Crippen molar-refractivity contribution in [1.29, 1.82) is 0 Å². The molecule has 0 radical (unpaired) electrons. The Morgan fingerprint density at radius 2 is 0.574 bits per heavy atom. The summed E-state index contributed by atoms with van der Waals surface area (Å²) in [7, 11) is 0. The first kappa shape index (κ1) is 35.9. The molecular weight excluding hydrogens is 741 g/mol. The van der Waals surface area contributed by atoms with Gasteiger partial charge in [-0.15, -0.1) is 0 Å². The normalized spacial score (nSPS) is 11.3. The zero-order chi connectivity index (χ0) is 40.5. The third-order valence-electron chi connectivity index (χ3n) is 11.5. The molecule has 0 amide bonds. The van der Waals surface area contributed by atoms with Crippen LogP contribution in [-0.2, 0) is 0 Å². The van der Waals surface area contributed by atoms with Crippen molar-refractivity contribution < 1.29 is 0 Å². The monoisotopic (exact) mass is 778 g/mol. The number of rotatable bonds is 8. The topological polar surface area (TPSA) is 43.6 Å². The average molecular weight is 779 g/mol. The van der Waals surface area contributed by atoms with E-state index in [9.17, 15) is 0 Å². The zero-order valence-electron chi connectivity index (χ0n) is 33.2. The van der Waals surface area contributed by atoms with Crippen molar-refractivity contribution in [2.24, 2.45) is 0 Å². The van der Waals surface area contributed by atoms with Crippen LogP contribution in [0.15, 0.2) is 231 Å². The molecule has 0 aliphatic heterocycles. The van der Waals surface area contributed by atoms with Crippen LogP contribution in [0.25, 0.3) is 106 Å². The molecular formula is C57H38N4. The van der Waals surface area contributed by atoms with Crippen LogP contribution < -0.4 is 0 Å². The number of benzene rings is 9. The second-order valence-electron chi connectivity index (χ2n) is 15.3. The number of para-hydroxylation sites is 1. The van der Waals surface area contributed by atoms with Gasteiger partial charge in [-0.1, -0.05) is 194 Å². The Kier molecular flexibility index (Phi) is 9.14. The summed E-state index contributed by atoms with van der Waals surface area (Å²) in [5.41, 5.74) is 15.7. The lowest BCUT2D eigenvalue weighted by molar-refractivity contribution is 1.07. The fourth-order valence-corrected chi connectivity index (χ4v) is 8.35. The molecule has 11 rings (SSSR count). The molecule has 4 heteroatoms. The van der Waals surface area contributed by atoms with Gasteiger partial charge in [0.25, 0.3) is 0 Å². The maximum atomic E-state index is 5.05. The van der Waals surface area contributed by atoms with Crippen LogP contribution in [0.3, 0.4) is 0 Å². The molecule has 0 aliphatic rings. The summed E-state index contributed by atoms with van der Waals surface area (Å²) < 4.78 is 2.37. The van der Waals surface area contributed by atoms with E-state index < -0.39 is 0 Å². The van der Waals surface area contributed by atoms with Crippen LogP contribution in [0.2, 0.25) is 0 Å². The number of hydrogen-bond acceptors (Lipinski definition) is 3. The smallest absolute Gasteiger partial charge is 0.164 e. The van der Waals surface area contributed by atoms with Gasteiger partial charge in [0.1, 0.15) is 0 Å². The molecule has 0 atom stereocenters. The Bertz CT molecular complexity index is 3300. The molecule has 0 N–H and O–H groups in total. The number of hydrogen-bond donors (Lipinski definition) is 0. The average Bonchev–Trinajstić information content (AvgIpc) is 3.68. The second kappa shape index (κ2) is 15.5. The van der Waals surface area contributed by atoms with E-state index in [0.29, 0.717) is 17.5 Å². The first-order valence-electron chi connectivity index (χ1n) is 20.6. The molecule has 2 heterocycles. The Morgan fingerprint density at radius 1 is 0.230 bits per heavy atom. The van der Waals surface area contributed by atoms with E-state index in [1.54, 1.807) is 0 Å². The minimum absolute atomic E-state index is 0.632. The highest BCUT2D eigenvalue weighted by Crippen LogP contribution is 2.36. The largest absolute Gasteiger partial charge is 0.309 e. The van der Waals surface area contributed by atoms with Crippen molar-refractivity contribution in [2.45, 2.75) is 0 Å². The van der Waals surface area contributed by atoms with Gasteiger partial charge in [0, 0.05) is 33.2 Å². The zero-order valence-corrected chi connectivity index (χ0v) is 33.2. The highest BCUT2D eigenvalue weighted by molar-refractivity contribution is 6.10. The summed E-state index contributed by atoms with van der Waals surface area (Å²) >= 11 is 0. The Morgan fingerprint density at radius 3 is 1.11 bits per heavy atom.